The number of nitrogens with two attached hydrogens (primary N) is 1. The standard InChI is InChI=1S/C12H21N5O/c1-16(2)7-4-8-17(3)12(18)10-5-6-14-11(9-10)15-13/h5-6,9H,4,7-8,13H2,1-3H3,(H,14,15). The third kappa shape index (κ3) is 4.31. The molecule has 0 saturated heterocycles. The Morgan fingerprint density at radius 2 is 2.11 bits per heavy atom. The largest absolute Gasteiger partial charge is 0.342 e. The zero-order chi connectivity index (χ0) is 13.5. The lowest BCUT2D eigenvalue weighted by molar-refractivity contribution is 0.0790. The van der Waals surface area contributed by atoms with Gasteiger partial charge in [-0.25, -0.2) is 10.8 Å². The third-order valence-electron chi connectivity index (χ3n) is 2.60. The van der Waals surface area contributed by atoms with Crippen LogP contribution in [0.4, 0.5) is 5.82 Å². The van der Waals surface area contributed by atoms with E-state index < -0.39 is 0 Å². The highest BCUT2D eigenvalue weighted by atomic mass is 16.2. The zero-order valence-corrected chi connectivity index (χ0v) is 11.2. The minimum Gasteiger partial charge on any atom is -0.342 e. The van der Waals surface area contributed by atoms with Crippen molar-refractivity contribution in [1.82, 2.24) is 14.8 Å². The van der Waals surface area contributed by atoms with Gasteiger partial charge in [0.1, 0.15) is 5.82 Å². The van der Waals surface area contributed by atoms with Crippen LogP contribution >= 0.6 is 0 Å². The van der Waals surface area contributed by atoms with Crippen LogP contribution in [0.2, 0.25) is 0 Å². The number of nitrogens with one attached hydrogen (secondary N) is 1. The fraction of sp³-hybridized carbons (Fsp3) is 0.500. The van der Waals surface area contributed by atoms with Gasteiger partial charge in [0, 0.05) is 25.4 Å². The van der Waals surface area contributed by atoms with Gasteiger partial charge in [-0.05, 0) is 39.2 Å². The lowest BCUT2D eigenvalue weighted by Crippen LogP contribution is -2.29. The number of nitrogens with zero attached hydrogens (tertiary/aromatic N) is 3. The first-order chi connectivity index (χ1) is 8.54. The summed E-state index contributed by atoms with van der Waals surface area (Å²) in [5.41, 5.74) is 3.02. The molecule has 0 aliphatic heterocycles. The van der Waals surface area contributed by atoms with Gasteiger partial charge in [0.15, 0.2) is 0 Å². The summed E-state index contributed by atoms with van der Waals surface area (Å²) in [5, 5.41) is 0. The molecule has 0 saturated carbocycles. The Labute approximate surface area is 108 Å². The van der Waals surface area contributed by atoms with Crippen molar-refractivity contribution in [3.63, 3.8) is 0 Å². The van der Waals surface area contributed by atoms with Gasteiger partial charge >= 0.3 is 0 Å². The second-order valence-corrected chi connectivity index (χ2v) is 4.46. The van der Waals surface area contributed by atoms with Crippen molar-refractivity contribution in [2.75, 3.05) is 39.7 Å². The van der Waals surface area contributed by atoms with Crippen molar-refractivity contribution in [1.29, 1.82) is 0 Å². The highest BCUT2D eigenvalue weighted by Crippen LogP contribution is 2.08. The third-order valence-corrected chi connectivity index (χ3v) is 2.60. The summed E-state index contributed by atoms with van der Waals surface area (Å²) in [4.78, 5) is 19.9. The van der Waals surface area contributed by atoms with Crippen LogP contribution < -0.4 is 11.3 Å². The van der Waals surface area contributed by atoms with Crippen molar-refractivity contribution in [3.05, 3.63) is 23.9 Å². The monoisotopic (exact) mass is 251 g/mol. The Morgan fingerprint density at radius 1 is 1.39 bits per heavy atom. The lowest BCUT2D eigenvalue weighted by atomic mass is 10.2. The highest BCUT2D eigenvalue weighted by Gasteiger charge is 2.11. The Balaban J connectivity index is 2.56. The van der Waals surface area contributed by atoms with Crippen LogP contribution in [-0.4, -0.2) is 54.9 Å². The van der Waals surface area contributed by atoms with Crippen molar-refractivity contribution in [2.45, 2.75) is 6.42 Å². The summed E-state index contributed by atoms with van der Waals surface area (Å²) in [5.74, 6) is 5.73. The number of aromatic nitrogens is 1. The highest BCUT2D eigenvalue weighted by molar-refractivity contribution is 5.94. The number of hydrazine groups is 1. The van der Waals surface area contributed by atoms with Crippen molar-refractivity contribution < 1.29 is 4.79 Å². The molecule has 0 atom stereocenters. The first kappa shape index (κ1) is 14.4. The summed E-state index contributed by atoms with van der Waals surface area (Å²) < 4.78 is 0. The summed E-state index contributed by atoms with van der Waals surface area (Å²) in [6, 6.07) is 3.33. The molecular formula is C12H21N5O. The van der Waals surface area contributed by atoms with Gasteiger partial charge in [-0.15, -0.1) is 0 Å². The quantitative estimate of drug-likeness (QED) is 0.565. The summed E-state index contributed by atoms with van der Waals surface area (Å²) in [7, 11) is 5.84. The number of pyridine rings is 1. The molecule has 0 bridgehead atoms. The van der Waals surface area contributed by atoms with E-state index in [1.54, 1.807) is 30.3 Å². The van der Waals surface area contributed by atoms with Gasteiger partial charge in [-0.3, -0.25) is 4.79 Å². The summed E-state index contributed by atoms with van der Waals surface area (Å²) >= 11 is 0. The van der Waals surface area contributed by atoms with Crippen LogP contribution in [0.3, 0.4) is 0 Å². The van der Waals surface area contributed by atoms with Crippen molar-refractivity contribution in [2.24, 2.45) is 5.84 Å². The SMILES string of the molecule is CN(C)CCCN(C)C(=O)c1ccnc(NN)c1. The van der Waals surface area contributed by atoms with Crippen LogP contribution in [0, 0.1) is 0 Å². The first-order valence-corrected chi connectivity index (χ1v) is 5.87. The maximum atomic E-state index is 12.1. The number of anilines is 1. The van der Waals surface area contributed by atoms with E-state index in [1.165, 1.54) is 0 Å². The Bertz CT molecular complexity index is 394. The van der Waals surface area contributed by atoms with Gasteiger partial charge in [-0.1, -0.05) is 0 Å². The molecule has 0 aromatic carbocycles. The van der Waals surface area contributed by atoms with E-state index in [4.69, 9.17) is 5.84 Å². The van der Waals surface area contributed by atoms with Gasteiger partial charge < -0.3 is 15.2 Å². The Morgan fingerprint density at radius 3 is 2.72 bits per heavy atom. The Kier molecular flexibility index (Phi) is 5.54. The average Bonchev–Trinajstić information content (AvgIpc) is 2.37. The van der Waals surface area contributed by atoms with Gasteiger partial charge in [0.05, 0.1) is 0 Å². The van der Waals surface area contributed by atoms with Crippen molar-refractivity contribution in [3.8, 4) is 0 Å². The normalized spacial score (nSPS) is 10.5. The molecule has 3 N–H and O–H groups in total. The molecular weight excluding hydrogens is 230 g/mol. The van der Waals surface area contributed by atoms with Crippen LogP contribution in [0.5, 0.6) is 0 Å². The van der Waals surface area contributed by atoms with Gasteiger partial charge in [-0.2, -0.15) is 0 Å². The van der Waals surface area contributed by atoms with Crippen molar-refractivity contribution >= 4 is 11.7 Å². The fourth-order valence-electron chi connectivity index (χ4n) is 1.59. The molecule has 0 aliphatic carbocycles. The number of hydrogen-bond donors (Lipinski definition) is 2. The molecule has 0 aliphatic rings. The zero-order valence-electron chi connectivity index (χ0n) is 11.2. The number of rotatable bonds is 6. The number of hydrogen-bond acceptors (Lipinski definition) is 5. The molecule has 1 aromatic rings. The molecule has 1 rings (SSSR count). The molecule has 0 unspecified atom stereocenters. The second-order valence-electron chi connectivity index (χ2n) is 4.46. The number of amides is 1. The molecule has 1 amide bonds. The van der Waals surface area contributed by atoms with Crippen LogP contribution in [0.25, 0.3) is 0 Å². The number of carbonyl (C=O) groups excluding carboxylic acids is 1. The average molecular weight is 251 g/mol. The maximum Gasteiger partial charge on any atom is 0.253 e. The summed E-state index contributed by atoms with van der Waals surface area (Å²) in [6.07, 6.45) is 2.51. The lowest BCUT2D eigenvalue weighted by Gasteiger charge is -2.18. The molecule has 0 radical (unpaired) electrons. The molecule has 1 heterocycles. The molecule has 6 nitrogen and oxygen atoms in total. The molecule has 6 heteroatoms. The van der Waals surface area contributed by atoms with E-state index in [0.717, 1.165) is 19.5 Å². The van der Waals surface area contributed by atoms with E-state index in [2.05, 4.69) is 15.3 Å². The molecule has 1 aromatic heterocycles. The van der Waals surface area contributed by atoms with E-state index in [-0.39, 0.29) is 5.91 Å². The van der Waals surface area contributed by atoms with E-state index >= 15 is 0 Å². The Hall–Kier alpha value is -1.66. The second kappa shape index (κ2) is 6.93. The molecule has 18 heavy (non-hydrogen) atoms. The topological polar surface area (TPSA) is 74.5 Å². The number of nitrogen functional groups attached to an aromatic ring is 1. The molecule has 0 fully saturated rings. The smallest absolute Gasteiger partial charge is 0.253 e. The minimum absolute atomic E-state index is 0.0207. The fourth-order valence-corrected chi connectivity index (χ4v) is 1.59. The van der Waals surface area contributed by atoms with Crippen LogP contribution in [0.15, 0.2) is 18.3 Å². The predicted octanol–water partition coefficient (Wildman–Crippen LogP) is 0.391. The molecule has 0 spiro atoms. The van der Waals surface area contributed by atoms with Gasteiger partial charge in [0.25, 0.3) is 5.91 Å². The van der Waals surface area contributed by atoms with Gasteiger partial charge in [0.2, 0.25) is 0 Å². The van der Waals surface area contributed by atoms with Crippen LogP contribution in [-0.2, 0) is 0 Å². The predicted molar refractivity (Wildman–Crippen MR) is 72.2 cm³/mol. The maximum absolute atomic E-state index is 12.1. The summed E-state index contributed by atoms with van der Waals surface area (Å²) in [6.45, 7) is 1.69. The van der Waals surface area contributed by atoms with E-state index in [1.807, 2.05) is 14.1 Å². The van der Waals surface area contributed by atoms with E-state index in [0.29, 0.717) is 11.4 Å². The number of carbonyl (C=O) groups is 1. The van der Waals surface area contributed by atoms with Crippen LogP contribution in [0.1, 0.15) is 16.8 Å². The first-order valence-electron chi connectivity index (χ1n) is 5.87. The van der Waals surface area contributed by atoms with E-state index in [9.17, 15) is 4.79 Å². The molecule has 100 valence electrons. The minimum atomic E-state index is -0.0207.